The molecule has 1 fully saturated rings. The summed E-state index contributed by atoms with van der Waals surface area (Å²) in [4.78, 5) is 10.1. The molecular weight excluding hydrogens is 132 g/mol. The van der Waals surface area contributed by atoms with Crippen LogP contribution in [0.4, 0.5) is 4.79 Å². The summed E-state index contributed by atoms with van der Waals surface area (Å²) in [6.07, 6.45) is 0.908. The molecule has 4 heteroatoms. The van der Waals surface area contributed by atoms with Crippen molar-refractivity contribution in [1.82, 2.24) is 10.6 Å². The first kappa shape index (κ1) is 7.34. The van der Waals surface area contributed by atoms with Crippen molar-refractivity contribution in [1.29, 1.82) is 0 Å². The molecule has 1 saturated heterocycles. The summed E-state index contributed by atoms with van der Waals surface area (Å²) in [5.74, 6) is 0. The quantitative estimate of drug-likeness (QED) is 0.485. The van der Waals surface area contributed by atoms with Gasteiger partial charge in [0.25, 0.3) is 0 Å². The summed E-state index contributed by atoms with van der Waals surface area (Å²) in [5.41, 5.74) is 0. The summed E-state index contributed by atoms with van der Waals surface area (Å²) in [6.45, 7) is 1.84. The van der Waals surface area contributed by atoms with E-state index in [0.29, 0.717) is 0 Å². The lowest BCUT2D eigenvalue weighted by Crippen LogP contribution is -2.42. The molecule has 0 unspecified atom stereocenters. The van der Waals surface area contributed by atoms with Gasteiger partial charge < -0.3 is 15.7 Å². The third-order valence-corrected chi connectivity index (χ3v) is 1.67. The van der Waals surface area contributed by atoms with Crippen molar-refractivity contribution in [2.45, 2.75) is 18.9 Å². The molecule has 10 heavy (non-hydrogen) atoms. The van der Waals surface area contributed by atoms with Gasteiger partial charge in [-0.15, -0.1) is 0 Å². The highest BCUT2D eigenvalue weighted by atomic mass is 16.4. The van der Waals surface area contributed by atoms with E-state index in [-0.39, 0.29) is 6.04 Å². The van der Waals surface area contributed by atoms with Crippen molar-refractivity contribution in [3.8, 4) is 0 Å². The standard InChI is InChI=1S/C6H12N2O2/c9-6(10)8-5-1-3-7-4-2-5/h5,7-8H,1-4H2,(H,9,10). The highest BCUT2D eigenvalue weighted by Crippen LogP contribution is 2.00. The molecule has 3 N–H and O–H groups in total. The molecule has 0 aromatic rings. The largest absolute Gasteiger partial charge is 0.465 e. The van der Waals surface area contributed by atoms with Gasteiger partial charge in [-0.2, -0.15) is 0 Å². The fourth-order valence-electron chi connectivity index (χ4n) is 1.14. The smallest absolute Gasteiger partial charge is 0.404 e. The van der Waals surface area contributed by atoms with Crippen molar-refractivity contribution in [3.63, 3.8) is 0 Å². The summed E-state index contributed by atoms with van der Waals surface area (Å²) in [7, 11) is 0. The monoisotopic (exact) mass is 144 g/mol. The van der Waals surface area contributed by atoms with Gasteiger partial charge in [0.15, 0.2) is 0 Å². The normalized spacial score (nSPS) is 20.4. The molecule has 0 saturated carbocycles. The first-order valence-electron chi connectivity index (χ1n) is 3.49. The minimum Gasteiger partial charge on any atom is -0.465 e. The van der Waals surface area contributed by atoms with Crippen LogP contribution in [0.5, 0.6) is 0 Å². The number of hydrogen-bond acceptors (Lipinski definition) is 2. The minimum atomic E-state index is -0.910. The number of carbonyl (C=O) groups is 1. The van der Waals surface area contributed by atoms with Gasteiger partial charge in [-0.05, 0) is 25.9 Å². The highest BCUT2D eigenvalue weighted by Gasteiger charge is 2.13. The molecule has 0 spiro atoms. The Bertz CT molecular complexity index is 121. The molecule has 1 aliphatic heterocycles. The topological polar surface area (TPSA) is 61.4 Å². The molecule has 0 aromatic heterocycles. The van der Waals surface area contributed by atoms with E-state index in [1.54, 1.807) is 0 Å². The fraction of sp³-hybridized carbons (Fsp3) is 0.833. The Morgan fingerprint density at radius 3 is 2.60 bits per heavy atom. The highest BCUT2D eigenvalue weighted by molar-refractivity contribution is 5.64. The van der Waals surface area contributed by atoms with E-state index in [0.717, 1.165) is 25.9 Å². The van der Waals surface area contributed by atoms with E-state index in [9.17, 15) is 4.79 Å². The lowest BCUT2D eigenvalue weighted by molar-refractivity contribution is 0.186. The summed E-state index contributed by atoms with van der Waals surface area (Å²) in [6, 6.07) is 0.166. The van der Waals surface area contributed by atoms with Crippen LogP contribution in [0.3, 0.4) is 0 Å². The Hall–Kier alpha value is -0.770. The van der Waals surface area contributed by atoms with Gasteiger partial charge in [0.1, 0.15) is 0 Å². The SMILES string of the molecule is O=C(O)NC1CCNCC1. The second kappa shape index (κ2) is 3.41. The third-order valence-electron chi connectivity index (χ3n) is 1.67. The number of hydrogen-bond donors (Lipinski definition) is 3. The first-order chi connectivity index (χ1) is 4.79. The Kier molecular flexibility index (Phi) is 2.50. The molecule has 1 aliphatic rings. The molecule has 0 bridgehead atoms. The van der Waals surface area contributed by atoms with Gasteiger partial charge >= 0.3 is 6.09 Å². The Morgan fingerprint density at radius 2 is 2.10 bits per heavy atom. The van der Waals surface area contributed by atoms with Crippen LogP contribution in [0.2, 0.25) is 0 Å². The first-order valence-corrected chi connectivity index (χ1v) is 3.49. The van der Waals surface area contributed by atoms with Crippen LogP contribution < -0.4 is 10.6 Å². The predicted octanol–water partition coefficient (Wildman–Crippen LogP) is 0.00600. The zero-order chi connectivity index (χ0) is 7.40. The average molecular weight is 144 g/mol. The Morgan fingerprint density at radius 1 is 1.50 bits per heavy atom. The molecule has 0 aromatic carbocycles. The van der Waals surface area contributed by atoms with E-state index >= 15 is 0 Å². The van der Waals surface area contributed by atoms with Crippen molar-refractivity contribution in [2.24, 2.45) is 0 Å². The van der Waals surface area contributed by atoms with Gasteiger partial charge in [-0.25, -0.2) is 4.79 Å². The van der Waals surface area contributed by atoms with Crippen LogP contribution in [-0.4, -0.2) is 30.3 Å². The molecule has 0 aliphatic carbocycles. The number of amides is 1. The Balaban J connectivity index is 2.19. The molecular formula is C6H12N2O2. The fourth-order valence-corrected chi connectivity index (χ4v) is 1.14. The molecule has 1 heterocycles. The minimum absolute atomic E-state index is 0.166. The summed E-state index contributed by atoms with van der Waals surface area (Å²) < 4.78 is 0. The average Bonchev–Trinajstić information content (AvgIpc) is 1.88. The van der Waals surface area contributed by atoms with Gasteiger partial charge in [-0.1, -0.05) is 0 Å². The summed E-state index contributed by atoms with van der Waals surface area (Å²) >= 11 is 0. The van der Waals surface area contributed by atoms with Gasteiger partial charge in [0, 0.05) is 6.04 Å². The molecule has 58 valence electrons. The van der Waals surface area contributed by atoms with Crippen LogP contribution >= 0.6 is 0 Å². The maximum absolute atomic E-state index is 10.1. The maximum atomic E-state index is 10.1. The number of piperidine rings is 1. The number of carboxylic acid groups (broad SMARTS) is 1. The van der Waals surface area contributed by atoms with Crippen LogP contribution in [0, 0.1) is 0 Å². The molecule has 1 amide bonds. The lowest BCUT2D eigenvalue weighted by atomic mass is 10.1. The van der Waals surface area contributed by atoms with Crippen LogP contribution in [0.25, 0.3) is 0 Å². The predicted molar refractivity (Wildman–Crippen MR) is 37.1 cm³/mol. The molecule has 1 rings (SSSR count). The van der Waals surface area contributed by atoms with Crippen LogP contribution in [-0.2, 0) is 0 Å². The van der Waals surface area contributed by atoms with E-state index in [2.05, 4.69) is 10.6 Å². The zero-order valence-corrected chi connectivity index (χ0v) is 5.76. The van der Waals surface area contributed by atoms with E-state index in [1.165, 1.54) is 0 Å². The maximum Gasteiger partial charge on any atom is 0.404 e. The number of rotatable bonds is 1. The molecule has 0 radical (unpaired) electrons. The van der Waals surface area contributed by atoms with E-state index in [4.69, 9.17) is 5.11 Å². The molecule has 4 nitrogen and oxygen atoms in total. The number of nitrogens with one attached hydrogen (secondary N) is 2. The van der Waals surface area contributed by atoms with Crippen molar-refractivity contribution < 1.29 is 9.90 Å². The van der Waals surface area contributed by atoms with Crippen molar-refractivity contribution >= 4 is 6.09 Å². The van der Waals surface area contributed by atoms with Gasteiger partial charge in [0.05, 0.1) is 0 Å². The summed E-state index contributed by atoms with van der Waals surface area (Å²) in [5, 5.41) is 13.9. The Labute approximate surface area is 59.6 Å². The zero-order valence-electron chi connectivity index (χ0n) is 5.76. The van der Waals surface area contributed by atoms with Crippen molar-refractivity contribution in [2.75, 3.05) is 13.1 Å². The van der Waals surface area contributed by atoms with Gasteiger partial charge in [-0.3, -0.25) is 0 Å². The van der Waals surface area contributed by atoms with E-state index < -0.39 is 6.09 Å². The third kappa shape index (κ3) is 2.23. The second-order valence-electron chi connectivity index (χ2n) is 2.47. The molecule has 0 atom stereocenters. The van der Waals surface area contributed by atoms with Gasteiger partial charge in [0.2, 0.25) is 0 Å². The lowest BCUT2D eigenvalue weighted by Gasteiger charge is -2.21. The van der Waals surface area contributed by atoms with Crippen LogP contribution in [0.15, 0.2) is 0 Å². The van der Waals surface area contributed by atoms with E-state index in [1.807, 2.05) is 0 Å². The van der Waals surface area contributed by atoms with Crippen LogP contribution in [0.1, 0.15) is 12.8 Å². The second-order valence-corrected chi connectivity index (χ2v) is 2.47. The van der Waals surface area contributed by atoms with Crippen molar-refractivity contribution in [3.05, 3.63) is 0 Å².